The number of nitrogen functional groups attached to an aromatic ring is 1. The van der Waals surface area contributed by atoms with E-state index in [0.717, 1.165) is 11.3 Å². The number of hydrogen-bond donors (Lipinski definition) is 1. The second-order valence-corrected chi connectivity index (χ2v) is 3.33. The Morgan fingerprint density at radius 2 is 2.12 bits per heavy atom. The SMILES string of the molecule is COc1cc(-c2nccc(C)n2)cnc1N. The van der Waals surface area contributed by atoms with Crippen molar-refractivity contribution >= 4 is 5.82 Å². The molecule has 0 aliphatic heterocycles. The summed E-state index contributed by atoms with van der Waals surface area (Å²) in [6, 6.07) is 3.61. The molecule has 2 aromatic heterocycles. The summed E-state index contributed by atoms with van der Waals surface area (Å²) in [6.07, 6.45) is 3.34. The number of ether oxygens (including phenoxy) is 1. The van der Waals surface area contributed by atoms with Gasteiger partial charge in [0.25, 0.3) is 0 Å². The second kappa shape index (κ2) is 4.14. The third-order valence-electron chi connectivity index (χ3n) is 2.15. The lowest BCUT2D eigenvalue weighted by atomic mass is 10.2. The van der Waals surface area contributed by atoms with Crippen LogP contribution in [-0.2, 0) is 0 Å². The van der Waals surface area contributed by atoms with Crippen LogP contribution in [0.4, 0.5) is 5.82 Å². The van der Waals surface area contributed by atoms with E-state index >= 15 is 0 Å². The molecule has 2 rings (SSSR count). The van der Waals surface area contributed by atoms with Crippen LogP contribution in [0.15, 0.2) is 24.5 Å². The predicted molar refractivity (Wildman–Crippen MR) is 61.0 cm³/mol. The fourth-order valence-corrected chi connectivity index (χ4v) is 1.33. The van der Waals surface area contributed by atoms with Crippen LogP contribution in [0.1, 0.15) is 5.69 Å². The number of pyridine rings is 1. The summed E-state index contributed by atoms with van der Waals surface area (Å²) < 4.78 is 5.09. The molecule has 0 aliphatic rings. The lowest BCUT2D eigenvalue weighted by Gasteiger charge is -2.05. The maximum Gasteiger partial charge on any atom is 0.166 e. The van der Waals surface area contributed by atoms with Crippen LogP contribution in [0.25, 0.3) is 11.4 Å². The quantitative estimate of drug-likeness (QED) is 0.822. The van der Waals surface area contributed by atoms with Gasteiger partial charge in [0.05, 0.1) is 7.11 Å². The highest BCUT2D eigenvalue weighted by Crippen LogP contribution is 2.24. The number of methoxy groups -OCH3 is 1. The van der Waals surface area contributed by atoms with Crippen molar-refractivity contribution in [2.45, 2.75) is 6.92 Å². The van der Waals surface area contributed by atoms with Crippen LogP contribution in [0, 0.1) is 6.92 Å². The lowest BCUT2D eigenvalue weighted by molar-refractivity contribution is 0.415. The molecule has 82 valence electrons. The molecule has 0 unspecified atom stereocenters. The van der Waals surface area contributed by atoms with Gasteiger partial charge < -0.3 is 10.5 Å². The molecule has 2 heterocycles. The van der Waals surface area contributed by atoms with E-state index in [0.29, 0.717) is 17.4 Å². The molecule has 16 heavy (non-hydrogen) atoms. The summed E-state index contributed by atoms with van der Waals surface area (Å²) in [4.78, 5) is 12.5. The lowest BCUT2D eigenvalue weighted by Crippen LogP contribution is -1.97. The number of nitrogens with two attached hydrogens (primary N) is 1. The first-order valence-corrected chi connectivity index (χ1v) is 4.80. The third-order valence-corrected chi connectivity index (χ3v) is 2.15. The molecule has 0 aliphatic carbocycles. The van der Waals surface area contributed by atoms with Crippen molar-refractivity contribution in [3.05, 3.63) is 30.2 Å². The second-order valence-electron chi connectivity index (χ2n) is 3.33. The third kappa shape index (κ3) is 1.93. The van der Waals surface area contributed by atoms with Crippen molar-refractivity contribution < 1.29 is 4.74 Å². The fraction of sp³-hybridized carbons (Fsp3) is 0.182. The minimum atomic E-state index is 0.360. The smallest absolute Gasteiger partial charge is 0.166 e. The normalized spacial score (nSPS) is 10.1. The van der Waals surface area contributed by atoms with Gasteiger partial charge in [-0.05, 0) is 19.1 Å². The molecule has 0 saturated heterocycles. The zero-order valence-electron chi connectivity index (χ0n) is 9.14. The number of rotatable bonds is 2. The number of aryl methyl sites for hydroxylation is 1. The predicted octanol–water partition coefficient (Wildman–Crippen LogP) is 1.44. The Morgan fingerprint density at radius 1 is 1.31 bits per heavy atom. The Kier molecular flexibility index (Phi) is 2.68. The number of aromatic nitrogens is 3. The highest BCUT2D eigenvalue weighted by atomic mass is 16.5. The summed E-state index contributed by atoms with van der Waals surface area (Å²) in [6.45, 7) is 1.91. The van der Waals surface area contributed by atoms with Crippen LogP contribution >= 0.6 is 0 Å². The van der Waals surface area contributed by atoms with Crippen molar-refractivity contribution in [1.29, 1.82) is 0 Å². The molecule has 0 atom stereocenters. The van der Waals surface area contributed by atoms with Gasteiger partial charge in [0.2, 0.25) is 0 Å². The highest BCUT2D eigenvalue weighted by molar-refractivity contribution is 5.61. The summed E-state index contributed by atoms with van der Waals surface area (Å²) in [5.41, 5.74) is 7.32. The molecule has 0 bridgehead atoms. The molecule has 5 heteroatoms. The van der Waals surface area contributed by atoms with Crippen molar-refractivity contribution in [2.75, 3.05) is 12.8 Å². The molecule has 2 N–H and O–H groups in total. The van der Waals surface area contributed by atoms with E-state index in [1.165, 1.54) is 0 Å². The Balaban J connectivity index is 2.48. The topological polar surface area (TPSA) is 73.9 Å². The highest BCUT2D eigenvalue weighted by Gasteiger charge is 2.06. The molecular formula is C11H12N4O. The Labute approximate surface area is 93.3 Å². The molecular weight excluding hydrogens is 204 g/mol. The van der Waals surface area contributed by atoms with Crippen LogP contribution in [-0.4, -0.2) is 22.1 Å². The molecule has 0 amide bonds. The molecule has 0 radical (unpaired) electrons. The molecule has 2 aromatic rings. The van der Waals surface area contributed by atoms with Crippen LogP contribution in [0.5, 0.6) is 5.75 Å². The van der Waals surface area contributed by atoms with E-state index in [1.54, 1.807) is 25.6 Å². The van der Waals surface area contributed by atoms with Crippen molar-refractivity contribution in [3.63, 3.8) is 0 Å². The van der Waals surface area contributed by atoms with E-state index in [1.807, 2.05) is 13.0 Å². The van der Waals surface area contributed by atoms with E-state index in [2.05, 4.69) is 15.0 Å². The standard InChI is InChI=1S/C11H12N4O/c1-7-3-4-13-11(15-7)8-5-9(16-2)10(12)14-6-8/h3-6H,1-2H3,(H2,12,14). The molecule has 5 nitrogen and oxygen atoms in total. The van der Waals surface area contributed by atoms with E-state index in [4.69, 9.17) is 10.5 Å². The van der Waals surface area contributed by atoms with Gasteiger partial charge in [0.15, 0.2) is 17.4 Å². The van der Waals surface area contributed by atoms with Crippen LogP contribution < -0.4 is 10.5 Å². The average molecular weight is 216 g/mol. The van der Waals surface area contributed by atoms with Gasteiger partial charge in [-0.2, -0.15) is 0 Å². The number of hydrogen-bond acceptors (Lipinski definition) is 5. The molecule has 0 saturated carbocycles. The summed E-state index contributed by atoms with van der Waals surface area (Å²) >= 11 is 0. The van der Waals surface area contributed by atoms with Gasteiger partial charge in [-0.25, -0.2) is 15.0 Å². The van der Waals surface area contributed by atoms with Gasteiger partial charge in [0.1, 0.15) is 0 Å². The van der Waals surface area contributed by atoms with Crippen molar-refractivity contribution in [1.82, 2.24) is 15.0 Å². The van der Waals surface area contributed by atoms with E-state index in [9.17, 15) is 0 Å². The first kappa shape index (κ1) is 10.4. The maximum absolute atomic E-state index is 5.63. The molecule has 0 fully saturated rings. The molecule has 0 aromatic carbocycles. The fourth-order valence-electron chi connectivity index (χ4n) is 1.33. The maximum atomic E-state index is 5.63. The van der Waals surface area contributed by atoms with Gasteiger partial charge in [-0.15, -0.1) is 0 Å². The zero-order chi connectivity index (χ0) is 11.5. The van der Waals surface area contributed by atoms with Gasteiger partial charge in [-0.3, -0.25) is 0 Å². The van der Waals surface area contributed by atoms with Gasteiger partial charge >= 0.3 is 0 Å². The zero-order valence-corrected chi connectivity index (χ0v) is 9.14. The van der Waals surface area contributed by atoms with Crippen LogP contribution in [0.2, 0.25) is 0 Å². The van der Waals surface area contributed by atoms with Crippen LogP contribution in [0.3, 0.4) is 0 Å². The summed E-state index contributed by atoms with van der Waals surface area (Å²) in [5.74, 6) is 1.51. The minimum absolute atomic E-state index is 0.360. The van der Waals surface area contributed by atoms with Gasteiger partial charge in [0, 0.05) is 23.7 Å². The van der Waals surface area contributed by atoms with Crippen molar-refractivity contribution in [2.24, 2.45) is 0 Å². The summed E-state index contributed by atoms with van der Waals surface area (Å²) in [5, 5.41) is 0. The minimum Gasteiger partial charge on any atom is -0.493 e. The Hall–Kier alpha value is -2.17. The monoisotopic (exact) mass is 216 g/mol. The number of anilines is 1. The summed E-state index contributed by atoms with van der Waals surface area (Å²) in [7, 11) is 1.55. The van der Waals surface area contributed by atoms with E-state index < -0.39 is 0 Å². The van der Waals surface area contributed by atoms with Gasteiger partial charge in [-0.1, -0.05) is 0 Å². The number of nitrogens with zero attached hydrogens (tertiary/aromatic N) is 3. The van der Waals surface area contributed by atoms with E-state index in [-0.39, 0.29) is 0 Å². The Morgan fingerprint density at radius 3 is 2.81 bits per heavy atom. The Bertz CT molecular complexity index is 513. The first-order valence-electron chi connectivity index (χ1n) is 4.80. The average Bonchev–Trinajstić information content (AvgIpc) is 2.29. The first-order chi connectivity index (χ1) is 7.70. The largest absolute Gasteiger partial charge is 0.493 e. The molecule has 0 spiro atoms. The van der Waals surface area contributed by atoms with Crippen molar-refractivity contribution in [3.8, 4) is 17.1 Å².